The van der Waals surface area contributed by atoms with Gasteiger partial charge in [-0.3, -0.25) is 9.78 Å². The number of ether oxygens (including phenoxy) is 2. The molecule has 0 saturated heterocycles. The Morgan fingerprint density at radius 3 is 2.64 bits per heavy atom. The van der Waals surface area contributed by atoms with E-state index in [4.69, 9.17) is 11.6 Å². The van der Waals surface area contributed by atoms with Crippen molar-refractivity contribution in [1.82, 2.24) is 14.3 Å². The summed E-state index contributed by atoms with van der Waals surface area (Å²) in [5, 5.41) is 2.79. The smallest absolute Gasteiger partial charge is 0.395 e. The molecule has 144 valence electrons. The monoisotopic (exact) mass is 424 g/mol. The number of amides is 1. The first-order valence-corrected chi connectivity index (χ1v) is 9.18. The van der Waals surface area contributed by atoms with Crippen LogP contribution in [0.15, 0.2) is 30.7 Å². The molecule has 1 N–H and O–H groups in total. The normalized spacial score (nSPS) is 14.1. The number of alkyl halides is 2. The van der Waals surface area contributed by atoms with Gasteiger partial charge in [0.15, 0.2) is 17.3 Å². The fourth-order valence-electron chi connectivity index (χ4n) is 2.57. The van der Waals surface area contributed by atoms with Gasteiger partial charge in [-0.05, 0) is 29.6 Å². The highest BCUT2D eigenvalue weighted by atomic mass is 35.5. The number of nitrogens with one attached hydrogen (secondary N) is 1. The van der Waals surface area contributed by atoms with Crippen molar-refractivity contribution in [3.05, 3.63) is 46.2 Å². The Morgan fingerprint density at radius 1 is 1.21 bits per heavy atom. The van der Waals surface area contributed by atoms with Crippen molar-refractivity contribution in [3.8, 4) is 22.8 Å². The van der Waals surface area contributed by atoms with Gasteiger partial charge in [-0.15, -0.1) is 8.78 Å². The molecule has 1 aliphatic heterocycles. The fraction of sp³-hybridized carbons (Fsp3) is 0.176. The van der Waals surface area contributed by atoms with E-state index >= 15 is 0 Å². The molecule has 3 heterocycles. The van der Waals surface area contributed by atoms with Gasteiger partial charge in [0.2, 0.25) is 0 Å². The van der Waals surface area contributed by atoms with Crippen molar-refractivity contribution >= 4 is 34.9 Å². The summed E-state index contributed by atoms with van der Waals surface area (Å²) in [4.78, 5) is 21.2. The third-order valence-electron chi connectivity index (χ3n) is 3.89. The van der Waals surface area contributed by atoms with Crippen LogP contribution in [-0.2, 0) is 6.42 Å². The Balaban J connectivity index is 1.55. The Hall–Kier alpha value is -2.85. The molecule has 0 saturated carbocycles. The van der Waals surface area contributed by atoms with E-state index in [1.54, 1.807) is 6.20 Å². The number of hydrogen-bond acceptors (Lipinski definition) is 7. The first kappa shape index (κ1) is 18.5. The van der Waals surface area contributed by atoms with Crippen LogP contribution in [-0.4, -0.2) is 26.5 Å². The Bertz CT molecular complexity index is 1060. The molecule has 3 aromatic rings. The highest BCUT2D eigenvalue weighted by Gasteiger charge is 2.43. The van der Waals surface area contributed by atoms with Gasteiger partial charge in [-0.1, -0.05) is 18.5 Å². The Kier molecular flexibility index (Phi) is 4.60. The van der Waals surface area contributed by atoms with E-state index < -0.39 is 6.29 Å². The molecule has 1 aliphatic rings. The average Bonchev–Trinajstić information content (AvgIpc) is 3.24. The summed E-state index contributed by atoms with van der Waals surface area (Å²) in [6.45, 7) is 1.93. The van der Waals surface area contributed by atoms with Crippen molar-refractivity contribution in [2.45, 2.75) is 19.6 Å². The second kappa shape index (κ2) is 6.95. The van der Waals surface area contributed by atoms with Crippen molar-refractivity contribution in [1.29, 1.82) is 0 Å². The molecule has 0 atom stereocenters. The molecule has 0 unspecified atom stereocenters. The summed E-state index contributed by atoms with van der Waals surface area (Å²) in [7, 11) is 0. The third-order valence-corrected chi connectivity index (χ3v) is 5.05. The van der Waals surface area contributed by atoms with Crippen LogP contribution in [0, 0.1) is 0 Å². The number of benzene rings is 1. The predicted octanol–water partition coefficient (Wildman–Crippen LogP) is 4.39. The first-order valence-electron chi connectivity index (χ1n) is 8.03. The van der Waals surface area contributed by atoms with Gasteiger partial charge in [0.1, 0.15) is 4.88 Å². The number of anilines is 1. The summed E-state index contributed by atoms with van der Waals surface area (Å²) in [5.41, 5.74) is 1.50. The molecule has 11 heteroatoms. The van der Waals surface area contributed by atoms with Crippen LogP contribution in [0.2, 0.25) is 5.02 Å². The van der Waals surface area contributed by atoms with Gasteiger partial charge < -0.3 is 14.8 Å². The number of aromatic nitrogens is 3. The van der Waals surface area contributed by atoms with Crippen molar-refractivity contribution in [2.24, 2.45) is 0 Å². The molecule has 4 rings (SSSR count). The number of rotatable bonds is 4. The topological polar surface area (TPSA) is 86.2 Å². The summed E-state index contributed by atoms with van der Waals surface area (Å²) in [6, 6.07) is 2.52. The number of carbonyl (C=O) groups is 1. The lowest BCUT2D eigenvalue weighted by atomic mass is 10.1. The van der Waals surface area contributed by atoms with Gasteiger partial charge >= 0.3 is 6.29 Å². The lowest BCUT2D eigenvalue weighted by Crippen LogP contribution is -2.25. The number of aryl methyl sites for hydroxylation is 1. The minimum Gasteiger partial charge on any atom is -0.395 e. The zero-order chi connectivity index (χ0) is 19.9. The van der Waals surface area contributed by atoms with Gasteiger partial charge in [0, 0.05) is 17.8 Å². The zero-order valence-electron chi connectivity index (χ0n) is 14.2. The van der Waals surface area contributed by atoms with Crippen LogP contribution >= 0.6 is 23.1 Å². The van der Waals surface area contributed by atoms with E-state index in [0.29, 0.717) is 22.6 Å². The van der Waals surface area contributed by atoms with Crippen molar-refractivity contribution in [2.75, 3.05) is 5.32 Å². The highest BCUT2D eigenvalue weighted by Crippen LogP contribution is 2.45. The molecule has 0 bridgehead atoms. The predicted molar refractivity (Wildman–Crippen MR) is 98.1 cm³/mol. The first-order chi connectivity index (χ1) is 13.4. The van der Waals surface area contributed by atoms with E-state index in [0.717, 1.165) is 17.1 Å². The molecule has 0 aliphatic carbocycles. The van der Waals surface area contributed by atoms with E-state index in [1.165, 1.54) is 24.5 Å². The SMILES string of the molecule is CCc1cnsc1C(=O)Nc1cnc(-c2cc3c(cc2Cl)OC(F)(F)O3)cn1. The minimum atomic E-state index is -3.74. The van der Waals surface area contributed by atoms with E-state index in [1.807, 2.05) is 6.92 Å². The molecular formula is C17H11ClF2N4O3S. The maximum Gasteiger partial charge on any atom is 0.586 e. The number of carbonyl (C=O) groups excluding carboxylic acids is 1. The fourth-order valence-corrected chi connectivity index (χ4v) is 3.56. The largest absolute Gasteiger partial charge is 0.586 e. The quantitative estimate of drug-likeness (QED) is 0.668. The molecule has 7 nitrogen and oxygen atoms in total. The van der Waals surface area contributed by atoms with Gasteiger partial charge in [0.05, 0.1) is 23.1 Å². The number of fused-ring (bicyclic) bond motifs is 1. The van der Waals surface area contributed by atoms with Crippen LogP contribution in [0.25, 0.3) is 11.3 Å². The molecule has 1 amide bonds. The molecule has 2 aromatic heterocycles. The highest BCUT2D eigenvalue weighted by molar-refractivity contribution is 7.08. The molecular weight excluding hydrogens is 414 g/mol. The molecule has 28 heavy (non-hydrogen) atoms. The van der Waals surface area contributed by atoms with Gasteiger partial charge in [-0.25, -0.2) is 9.36 Å². The summed E-state index contributed by atoms with van der Waals surface area (Å²) in [6.07, 6.45) is 1.31. The molecule has 0 fully saturated rings. The van der Waals surface area contributed by atoms with Gasteiger partial charge in [0.25, 0.3) is 5.91 Å². The van der Waals surface area contributed by atoms with Crippen molar-refractivity contribution in [3.63, 3.8) is 0 Å². The van der Waals surface area contributed by atoms with Gasteiger partial charge in [-0.2, -0.15) is 0 Å². The number of nitrogens with zero attached hydrogens (tertiary/aromatic N) is 3. The van der Waals surface area contributed by atoms with E-state index in [2.05, 4.69) is 29.1 Å². The van der Waals surface area contributed by atoms with Crippen LogP contribution in [0.1, 0.15) is 22.2 Å². The summed E-state index contributed by atoms with van der Waals surface area (Å²) >= 11 is 7.24. The minimum absolute atomic E-state index is 0.142. The average molecular weight is 425 g/mol. The second-order valence-corrected chi connectivity index (χ2v) is 6.93. The maximum absolute atomic E-state index is 13.2. The van der Waals surface area contributed by atoms with Crippen molar-refractivity contribution < 1.29 is 23.0 Å². The van der Waals surface area contributed by atoms with Crippen LogP contribution in [0.3, 0.4) is 0 Å². The Labute approximate surface area is 166 Å². The number of halogens is 3. The zero-order valence-corrected chi connectivity index (χ0v) is 15.8. The molecule has 1 aromatic carbocycles. The summed E-state index contributed by atoms with van der Waals surface area (Å²) < 4.78 is 39.2. The van der Waals surface area contributed by atoms with Crippen LogP contribution in [0.5, 0.6) is 11.5 Å². The second-order valence-electron chi connectivity index (χ2n) is 5.72. The summed E-state index contributed by atoms with van der Waals surface area (Å²) in [5.74, 6) is -0.412. The maximum atomic E-state index is 13.2. The number of hydrogen-bond donors (Lipinski definition) is 1. The van der Waals surface area contributed by atoms with Crippen LogP contribution in [0.4, 0.5) is 14.6 Å². The lowest BCUT2D eigenvalue weighted by Gasteiger charge is -2.07. The lowest BCUT2D eigenvalue weighted by molar-refractivity contribution is -0.286. The standard InChI is InChI=1S/C17H11ClF2N4O3S/c1-2-8-5-23-28-15(8)16(25)24-14-7-21-11(6-22-14)9-3-12-13(4-10(9)18)27-17(19,20)26-12/h3-7H,2H2,1H3,(H,22,24,25). The molecule has 0 spiro atoms. The van der Waals surface area contributed by atoms with E-state index in [-0.39, 0.29) is 28.2 Å². The third kappa shape index (κ3) is 3.48. The Morgan fingerprint density at radius 2 is 1.96 bits per heavy atom. The van der Waals surface area contributed by atoms with E-state index in [9.17, 15) is 13.6 Å². The van der Waals surface area contributed by atoms with Crippen LogP contribution < -0.4 is 14.8 Å². The molecule has 0 radical (unpaired) electrons.